The molecule has 1 aromatic rings. The van der Waals surface area contributed by atoms with Crippen LogP contribution >= 0.6 is 0 Å². The first-order valence-corrected chi connectivity index (χ1v) is 9.51. The number of likely N-dealkylation sites (tertiary alicyclic amines) is 1. The average molecular weight is 389 g/mol. The number of nitrogens with one attached hydrogen (secondary N) is 1. The first-order valence-electron chi connectivity index (χ1n) is 9.51. The van der Waals surface area contributed by atoms with Crippen molar-refractivity contribution in [3.05, 3.63) is 30.1 Å². The number of fused-ring (bicyclic) bond motifs is 1. The topological polar surface area (TPSA) is 86.8 Å². The van der Waals surface area contributed by atoms with Gasteiger partial charge in [0.15, 0.2) is 0 Å². The lowest BCUT2D eigenvalue weighted by Crippen LogP contribution is -2.38. The number of rotatable bonds is 6. The van der Waals surface area contributed by atoms with Crippen molar-refractivity contribution in [1.29, 1.82) is 0 Å². The second kappa shape index (κ2) is 8.50. The third kappa shape index (κ3) is 4.37. The number of likely N-dealkylation sites (N-methyl/N-ethyl adjacent to an activating group) is 1. The van der Waals surface area contributed by atoms with E-state index < -0.39 is 11.7 Å². The summed E-state index contributed by atoms with van der Waals surface area (Å²) >= 11 is 0. The quantitative estimate of drug-likeness (QED) is 0.752. The molecule has 2 fully saturated rings. The summed E-state index contributed by atoms with van der Waals surface area (Å²) in [6, 6.07) is 5.32. The summed E-state index contributed by atoms with van der Waals surface area (Å²) < 4.78 is 12.9. The van der Waals surface area contributed by atoms with Crippen LogP contribution in [0.15, 0.2) is 24.3 Å². The van der Waals surface area contributed by atoms with Crippen molar-refractivity contribution in [1.82, 2.24) is 9.80 Å². The summed E-state index contributed by atoms with van der Waals surface area (Å²) in [6.07, 6.45) is 3.38. The summed E-state index contributed by atoms with van der Waals surface area (Å²) in [5, 5.41) is 2.58. The van der Waals surface area contributed by atoms with Crippen LogP contribution in [0.4, 0.5) is 10.1 Å². The molecule has 3 rings (SSSR count). The second-order valence-corrected chi connectivity index (χ2v) is 7.38. The Labute approximate surface area is 162 Å². The van der Waals surface area contributed by atoms with Crippen molar-refractivity contribution in [3.8, 4) is 0 Å². The lowest BCUT2D eigenvalue weighted by molar-refractivity contribution is -0.141. The van der Waals surface area contributed by atoms with Gasteiger partial charge in [0.25, 0.3) is 0 Å². The Morgan fingerprint density at radius 3 is 2.25 bits per heavy atom. The van der Waals surface area contributed by atoms with Gasteiger partial charge in [-0.1, -0.05) is 12.8 Å². The predicted octanol–water partition coefficient (Wildman–Crippen LogP) is 1.79. The van der Waals surface area contributed by atoms with E-state index >= 15 is 0 Å². The summed E-state index contributed by atoms with van der Waals surface area (Å²) in [6.45, 7) is -0.128. The molecule has 0 spiro atoms. The van der Waals surface area contributed by atoms with E-state index in [-0.39, 0.29) is 49.1 Å². The summed E-state index contributed by atoms with van der Waals surface area (Å²) in [7, 11) is 1.49. The van der Waals surface area contributed by atoms with Crippen LogP contribution in [0.1, 0.15) is 32.1 Å². The highest BCUT2D eigenvalue weighted by Gasteiger charge is 2.47. The van der Waals surface area contributed by atoms with Crippen LogP contribution in [0.5, 0.6) is 0 Å². The molecule has 1 aliphatic carbocycles. The molecule has 4 amide bonds. The normalized spacial score (nSPS) is 21.4. The molecule has 0 bridgehead atoms. The number of nitrogens with zero attached hydrogens (tertiary/aromatic N) is 2. The van der Waals surface area contributed by atoms with Crippen LogP contribution < -0.4 is 5.32 Å². The molecule has 1 saturated heterocycles. The highest BCUT2D eigenvalue weighted by molar-refractivity contribution is 6.05. The second-order valence-electron chi connectivity index (χ2n) is 7.38. The van der Waals surface area contributed by atoms with Gasteiger partial charge >= 0.3 is 0 Å². The van der Waals surface area contributed by atoms with Crippen LogP contribution in [-0.4, -0.2) is 53.6 Å². The minimum atomic E-state index is -0.415. The number of halogens is 1. The van der Waals surface area contributed by atoms with Gasteiger partial charge in [0.2, 0.25) is 23.6 Å². The maximum atomic E-state index is 12.9. The highest BCUT2D eigenvalue weighted by Crippen LogP contribution is 2.37. The van der Waals surface area contributed by atoms with E-state index in [4.69, 9.17) is 0 Å². The molecule has 7 nitrogen and oxygen atoms in total. The van der Waals surface area contributed by atoms with Crippen LogP contribution in [0, 0.1) is 17.7 Å². The number of amides is 4. The molecule has 1 heterocycles. The molecular weight excluding hydrogens is 365 g/mol. The SMILES string of the molecule is CN(CC(=O)Nc1ccc(F)cc1)C(=O)CCN1C(=O)[C@@H]2CCCC[C@H]2C1=O. The number of carbonyl (C=O) groups excluding carboxylic acids is 4. The molecule has 2 atom stereocenters. The molecule has 0 radical (unpaired) electrons. The van der Waals surface area contributed by atoms with E-state index in [9.17, 15) is 23.6 Å². The van der Waals surface area contributed by atoms with Gasteiger partial charge in [-0.3, -0.25) is 24.1 Å². The molecule has 28 heavy (non-hydrogen) atoms. The van der Waals surface area contributed by atoms with Crippen molar-refractivity contribution >= 4 is 29.3 Å². The number of benzene rings is 1. The Kier molecular flexibility index (Phi) is 6.06. The summed E-state index contributed by atoms with van der Waals surface area (Å²) in [4.78, 5) is 51.7. The van der Waals surface area contributed by atoms with Crippen molar-refractivity contribution in [2.45, 2.75) is 32.1 Å². The zero-order valence-corrected chi connectivity index (χ0v) is 15.8. The van der Waals surface area contributed by atoms with Gasteiger partial charge in [-0.2, -0.15) is 0 Å². The smallest absolute Gasteiger partial charge is 0.243 e. The predicted molar refractivity (Wildman–Crippen MR) is 99.5 cm³/mol. The Morgan fingerprint density at radius 1 is 1.11 bits per heavy atom. The van der Waals surface area contributed by atoms with Gasteiger partial charge in [-0.25, -0.2) is 4.39 Å². The molecule has 0 unspecified atom stereocenters. The largest absolute Gasteiger partial charge is 0.336 e. The number of hydrogen-bond acceptors (Lipinski definition) is 4. The molecule has 150 valence electrons. The monoisotopic (exact) mass is 389 g/mol. The van der Waals surface area contributed by atoms with Crippen LogP contribution in [0.2, 0.25) is 0 Å². The van der Waals surface area contributed by atoms with Gasteiger partial charge in [0, 0.05) is 25.7 Å². The Balaban J connectivity index is 1.47. The molecule has 8 heteroatoms. The van der Waals surface area contributed by atoms with E-state index in [1.807, 2.05) is 0 Å². The van der Waals surface area contributed by atoms with Gasteiger partial charge in [-0.15, -0.1) is 0 Å². The number of imide groups is 1. The first kappa shape index (κ1) is 20.0. The van der Waals surface area contributed by atoms with Crippen LogP contribution in [0.3, 0.4) is 0 Å². The van der Waals surface area contributed by atoms with Gasteiger partial charge in [-0.05, 0) is 37.1 Å². The molecule has 0 aromatic heterocycles. The molecular formula is C20H24FN3O4. The van der Waals surface area contributed by atoms with Crippen molar-refractivity contribution in [2.75, 3.05) is 25.5 Å². The minimum Gasteiger partial charge on any atom is -0.336 e. The Morgan fingerprint density at radius 2 is 1.68 bits per heavy atom. The maximum absolute atomic E-state index is 12.9. The lowest BCUT2D eigenvalue weighted by Gasteiger charge is -2.19. The number of carbonyl (C=O) groups is 4. The molecule has 1 N–H and O–H groups in total. The Hall–Kier alpha value is -2.77. The van der Waals surface area contributed by atoms with Crippen LogP contribution in [-0.2, 0) is 19.2 Å². The zero-order valence-electron chi connectivity index (χ0n) is 15.8. The molecule has 1 aliphatic heterocycles. The van der Waals surface area contributed by atoms with Gasteiger partial charge in [0.1, 0.15) is 5.82 Å². The maximum Gasteiger partial charge on any atom is 0.243 e. The molecule has 2 aliphatic rings. The van der Waals surface area contributed by atoms with E-state index in [1.165, 1.54) is 41.1 Å². The van der Waals surface area contributed by atoms with E-state index in [0.717, 1.165) is 25.7 Å². The fourth-order valence-electron chi connectivity index (χ4n) is 3.89. The van der Waals surface area contributed by atoms with Gasteiger partial charge < -0.3 is 10.2 Å². The summed E-state index contributed by atoms with van der Waals surface area (Å²) in [5.74, 6) is -1.94. The number of anilines is 1. The summed E-state index contributed by atoms with van der Waals surface area (Å²) in [5.41, 5.74) is 0.433. The van der Waals surface area contributed by atoms with Gasteiger partial charge in [0.05, 0.1) is 18.4 Å². The van der Waals surface area contributed by atoms with E-state index in [0.29, 0.717) is 5.69 Å². The molecule has 1 saturated carbocycles. The lowest BCUT2D eigenvalue weighted by atomic mass is 9.81. The standard InChI is InChI=1S/C20H24FN3O4/c1-23(12-17(25)22-14-8-6-13(21)7-9-14)18(26)10-11-24-19(27)15-4-2-3-5-16(15)20(24)28/h6-9,15-16H,2-5,10-12H2,1H3,(H,22,25)/t15-,16-/m1/s1. The first-order chi connectivity index (χ1) is 13.4. The van der Waals surface area contributed by atoms with E-state index in [2.05, 4.69) is 5.32 Å². The zero-order chi connectivity index (χ0) is 20.3. The van der Waals surface area contributed by atoms with Crippen molar-refractivity contribution in [3.63, 3.8) is 0 Å². The molecule has 1 aromatic carbocycles. The average Bonchev–Trinajstić information content (AvgIpc) is 2.92. The van der Waals surface area contributed by atoms with E-state index in [1.54, 1.807) is 0 Å². The van der Waals surface area contributed by atoms with Crippen molar-refractivity contribution in [2.24, 2.45) is 11.8 Å². The fourth-order valence-corrected chi connectivity index (χ4v) is 3.89. The Bertz CT molecular complexity index is 756. The van der Waals surface area contributed by atoms with Crippen LogP contribution in [0.25, 0.3) is 0 Å². The minimum absolute atomic E-state index is 0.0166. The number of hydrogen-bond donors (Lipinski definition) is 1. The van der Waals surface area contributed by atoms with Crippen molar-refractivity contribution < 1.29 is 23.6 Å². The third-order valence-corrected chi connectivity index (χ3v) is 5.42. The third-order valence-electron chi connectivity index (χ3n) is 5.42. The fraction of sp³-hybridized carbons (Fsp3) is 0.500. The highest BCUT2D eigenvalue weighted by atomic mass is 19.1.